The van der Waals surface area contributed by atoms with Gasteiger partial charge in [-0.3, -0.25) is 0 Å². The van der Waals surface area contributed by atoms with Gasteiger partial charge in [-0.1, -0.05) is 48.5 Å². The molecular weight excluding hydrogens is 306 g/mol. The average molecular weight is 324 g/mol. The van der Waals surface area contributed by atoms with Gasteiger partial charge >= 0.3 is 0 Å². The summed E-state index contributed by atoms with van der Waals surface area (Å²) in [5.74, 6) is 0. The number of fused-ring (bicyclic) bond motifs is 5. The molecule has 0 aliphatic heterocycles. The molecule has 0 atom stereocenters. The van der Waals surface area contributed by atoms with Crippen molar-refractivity contribution in [2.24, 2.45) is 7.05 Å². The SMILES string of the molecule is Cc1ccccc1-c1c2c3ccccc3oc2c2ccccc2[n+]1C. The Labute approximate surface area is 145 Å². The maximum absolute atomic E-state index is 6.31. The number of hydrogen-bond donors (Lipinski definition) is 0. The standard InChI is InChI=1S/C23H18NO/c1-15-9-3-4-10-16(15)22-21-18-12-6-8-14-20(18)25-23(21)17-11-5-7-13-19(17)24(22)2/h3-14H,1-2H3/q+1. The molecule has 25 heavy (non-hydrogen) atoms. The molecule has 0 unspecified atom stereocenters. The van der Waals surface area contributed by atoms with Crippen LogP contribution in [0.15, 0.2) is 77.2 Å². The predicted molar refractivity (Wildman–Crippen MR) is 103 cm³/mol. The van der Waals surface area contributed by atoms with E-state index in [1.54, 1.807) is 0 Å². The number of aromatic nitrogens is 1. The highest BCUT2D eigenvalue weighted by Gasteiger charge is 2.25. The number of para-hydroxylation sites is 2. The highest BCUT2D eigenvalue weighted by atomic mass is 16.3. The monoisotopic (exact) mass is 324 g/mol. The lowest BCUT2D eigenvalue weighted by Crippen LogP contribution is -2.32. The van der Waals surface area contributed by atoms with Gasteiger partial charge in [0.25, 0.3) is 0 Å². The Bertz CT molecular complexity index is 1260. The van der Waals surface area contributed by atoms with Gasteiger partial charge in [0.2, 0.25) is 11.2 Å². The number of aryl methyl sites for hydroxylation is 2. The molecule has 0 aliphatic rings. The molecule has 120 valence electrons. The lowest BCUT2D eigenvalue weighted by molar-refractivity contribution is -0.632. The van der Waals surface area contributed by atoms with Crippen molar-refractivity contribution in [2.45, 2.75) is 6.92 Å². The molecule has 0 N–H and O–H groups in total. The summed E-state index contributed by atoms with van der Waals surface area (Å²) in [4.78, 5) is 0. The summed E-state index contributed by atoms with van der Waals surface area (Å²) >= 11 is 0. The van der Waals surface area contributed by atoms with Crippen LogP contribution < -0.4 is 4.57 Å². The van der Waals surface area contributed by atoms with Crippen LogP contribution in [0.3, 0.4) is 0 Å². The van der Waals surface area contributed by atoms with Crippen molar-refractivity contribution in [2.75, 3.05) is 0 Å². The van der Waals surface area contributed by atoms with Crippen LogP contribution in [0.4, 0.5) is 0 Å². The molecule has 2 heteroatoms. The molecule has 2 nitrogen and oxygen atoms in total. The van der Waals surface area contributed by atoms with Gasteiger partial charge in [0.15, 0.2) is 5.58 Å². The fraction of sp³-hybridized carbons (Fsp3) is 0.0870. The zero-order valence-electron chi connectivity index (χ0n) is 14.3. The largest absolute Gasteiger partial charge is 0.455 e. The molecule has 5 aromatic rings. The third-order valence-electron chi connectivity index (χ3n) is 5.08. The van der Waals surface area contributed by atoms with E-state index in [0.29, 0.717) is 0 Å². The van der Waals surface area contributed by atoms with Crippen LogP contribution in [0.1, 0.15) is 5.56 Å². The van der Waals surface area contributed by atoms with Crippen molar-refractivity contribution in [1.82, 2.24) is 0 Å². The Balaban J connectivity index is 2.12. The molecular formula is C23H18NO+. The second kappa shape index (κ2) is 5.18. The van der Waals surface area contributed by atoms with Crippen LogP contribution in [0, 0.1) is 6.92 Å². The summed E-state index contributed by atoms with van der Waals surface area (Å²) < 4.78 is 8.60. The average Bonchev–Trinajstić information content (AvgIpc) is 3.03. The smallest absolute Gasteiger partial charge is 0.224 e. The minimum Gasteiger partial charge on any atom is -0.455 e. The fourth-order valence-corrected chi connectivity index (χ4v) is 3.87. The van der Waals surface area contributed by atoms with Gasteiger partial charge in [0.1, 0.15) is 18.0 Å². The lowest BCUT2D eigenvalue weighted by atomic mass is 9.98. The number of hydrogen-bond acceptors (Lipinski definition) is 1. The van der Waals surface area contributed by atoms with E-state index in [-0.39, 0.29) is 0 Å². The van der Waals surface area contributed by atoms with E-state index < -0.39 is 0 Å². The molecule has 0 amide bonds. The Morgan fingerprint density at radius 1 is 0.760 bits per heavy atom. The van der Waals surface area contributed by atoms with E-state index in [2.05, 4.69) is 79.2 Å². The fourth-order valence-electron chi connectivity index (χ4n) is 3.87. The molecule has 0 saturated carbocycles. The van der Waals surface area contributed by atoms with Gasteiger partial charge < -0.3 is 4.42 Å². The minimum absolute atomic E-state index is 0.934. The molecule has 2 heterocycles. The maximum atomic E-state index is 6.31. The van der Waals surface area contributed by atoms with E-state index in [9.17, 15) is 0 Å². The van der Waals surface area contributed by atoms with Crippen LogP contribution in [-0.4, -0.2) is 0 Å². The first-order valence-electron chi connectivity index (χ1n) is 8.53. The molecule has 0 saturated heterocycles. The molecule has 0 radical (unpaired) electrons. The molecule has 5 rings (SSSR count). The van der Waals surface area contributed by atoms with Crippen molar-refractivity contribution in [3.63, 3.8) is 0 Å². The van der Waals surface area contributed by atoms with Gasteiger partial charge in [-0.15, -0.1) is 0 Å². The van der Waals surface area contributed by atoms with Crippen molar-refractivity contribution in [3.8, 4) is 11.3 Å². The summed E-state index contributed by atoms with van der Waals surface area (Å²) in [6.07, 6.45) is 0. The van der Waals surface area contributed by atoms with E-state index >= 15 is 0 Å². The van der Waals surface area contributed by atoms with E-state index in [1.807, 2.05) is 12.1 Å². The summed E-state index contributed by atoms with van der Waals surface area (Å²) in [5.41, 5.74) is 6.79. The van der Waals surface area contributed by atoms with Crippen LogP contribution >= 0.6 is 0 Å². The predicted octanol–water partition coefficient (Wildman–Crippen LogP) is 5.54. The Morgan fingerprint density at radius 3 is 2.28 bits per heavy atom. The molecule has 0 fully saturated rings. The first kappa shape index (κ1) is 14.2. The highest BCUT2D eigenvalue weighted by molar-refractivity contribution is 6.17. The van der Waals surface area contributed by atoms with Crippen molar-refractivity contribution >= 4 is 32.8 Å². The minimum atomic E-state index is 0.934. The highest BCUT2D eigenvalue weighted by Crippen LogP contribution is 2.38. The second-order valence-electron chi connectivity index (χ2n) is 6.54. The van der Waals surface area contributed by atoms with Gasteiger partial charge in [-0.2, -0.15) is 4.57 Å². The Hall–Kier alpha value is -3.13. The molecule has 2 aromatic heterocycles. The zero-order chi connectivity index (χ0) is 17.0. The third kappa shape index (κ3) is 1.94. The summed E-state index contributed by atoms with van der Waals surface area (Å²) in [5, 5.41) is 3.50. The van der Waals surface area contributed by atoms with E-state index in [4.69, 9.17) is 4.42 Å². The molecule has 3 aromatic carbocycles. The normalized spacial score (nSPS) is 11.6. The number of pyridine rings is 1. The quantitative estimate of drug-likeness (QED) is 0.370. The number of rotatable bonds is 1. The van der Waals surface area contributed by atoms with Gasteiger partial charge in [0, 0.05) is 17.0 Å². The summed E-state index contributed by atoms with van der Waals surface area (Å²) in [6, 6.07) is 25.3. The number of benzene rings is 3. The molecule has 0 aliphatic carbocycles. The molecule has 0 spiro atoms. The third-order valence-corrected chi connectivity index (χ3v) is 5.08. The van der Waals surface area contributed by atoms with Crippen LogP contribution in [0.2, 0.25) is 0 Å². The molecule has 0 bridgehead atoms. The topological polar surface area (TPSA) is 17.0 Å². The second-order valence-corrected chi connectivity index (χ2v) is 6.54. The number of nitrogens with zero attached hydrogens (tertiary/aromatic N) is 1. The maximum Gasteiger partial charge on any atom is 0.224 e. The van der Waals surface area contributed by atoms with Crippen molar-refractivity contribution in [1.29, 1.82) is 0 Å². The van der Waals surface area contributed by atoms with Crippen LogP contribution in [0.25, 0.3) is 44.1 Å². The summed E-state index contributed by atoms with van der Waals surface area (Å²) in [6.45, 7) is 2.17. The van der Waals surface area contributed by atoms with E-state index in [0.717, 1.165) is 21.9 Å². The van der Waals surface area contributed by atoms with Crippen LogP contribution in [-0.2, 0) is 7.05 Å². The Kier molecular flexibility index (Phi) is 2.95. The summed E-state index contributed by atoms with van der Waals surface area (Å²) in [7, 11) is 2.14. The van der Waals surface area contributed by atoms with Gasteiger partial charge in [-0.05, 0) is 30.7 Å². The van der Waals surface area contributed by atoms with Crippen molar-refractivity contribution < 1.29 is 8.98 Å². The zero-order valence-corrected chi connectivity index (χ0v) is 14.3. The first-order chi connectivity index (χ1) is 12.3. The van der Waals surface area contributed by atoms with Crippen LogP contribution in [0.5, 0.6) is 0 Å². The lowest BCUT2D eigenvalue weighted by Gasteiger charge is -2.08. The van der Waals surface area contributed by atoms with Gasteiger partial charge in [0.05, 0.1) is 5.39 Å². The first-order valence-corrected chi connectivity index (χ1v) is 8.53. The van der Waals surface area contributed by atoms with E-state index in [1.165, 1.54) is 27.7 Å². The van der Waals surface area contributed by atoms with Crippen molar-refractivity contribution in [3.05, 3.63) is 78.4 Å². The Morgan fingerprint density at radius 2 is 1.44 bits per heavy atom. The number of furan rings is 1. The van der Waals surface area contributed by atoms with Gasteiger partial charge in [-0.25, -0.2) is 0 Å².